The first-order valence-electron chi connectivity index (χ1n) is 8.27. The minimum atomic E-state index is -0.0751. The van der Waals surface area contributed by atoms with E-state index in [9.17, 15) is 4.79 Å². The molecule has 3 nitrogen and oxygen atoms in total. The van der Waals surface area contributed by atoms with Crippen molar-refractivity contribution in [3.63, 3.8) is 0 Å². The number of hydrogen-bond acceptors (Lipinski definition) is 3. The quantitative estimate of drug-likeness (QED) is 0.692. The van der Waals surface area contributed by atoms with Crippen molar-refractivity contribution in [3.8, 4) is 5.75 Å². The third-order valence-electron chi connectivity index (χ3n) is 3.58. The van der Waals surface area contributed by atoms with Crippen molar-refractivity contribution >= 4 is 17.7 Å². The van der Waals surface area contributed by atoms with Gasteiger partial charge in [-0.1, -0.05) is 62.4 Å². The number of ether oxygens (including phenoxy) is 1. The smallest absolute Gasteiger partial charge is 0.257 e. The Bertz CT molecular complexity index is 629. The maximum atomic E-state index is 11.9. The van der Waals surface area contributed by atoms with E-state index in [1.165, 1.54) is 5.56 Å². The van der Waals surface area contributed by atoms with Crippen molar-refractivity contribution in [1.29, 1.82) is 0 Å². The van der Waals surface area contributed by atoms with Crippen molar-refractivity contribution in [2.75, 3.05) is 18.9 Å². The standard InChI is InChI=1S/C20H25NO2S/c1-16(2)18-10-6-7-11-19(18)23-14-20(22)21-12-13-24-15-17-8-4-3-5-9-17/h3-11,16H,12-15H2,1-2H3,(H,21,22). The third-order valence-corrected chi connectivity index (χ3v) is 4.61. The number of rotatable bonds is 9. The number of benzene rings is 2. The first-order valence-corrected chi connectivity index (χ1v) is 9.42. The molecule has 0 unspecified atom stereocenters. The highest BCUT2D eigenvalue weighted by Crippen LogP contribution is 2.25. The zero-order valence-corrected chi connectivity index (χ0v) is 15.1. The van der Waals surface area contributed by atoms with Crippen LogP contribution in [0.15, 0.2) is 54.6 Å². The van der Waals surface area contributed by atoms with E-state index in [-0.39, 0.29) is 12.5 Å². The Labute approximate surface area is 148 Å². The van der Waals surface area contributed by atoms with E-state index in [0.717, 1.165) is 22.8 Å². The Morgan fingerprint density at radius 3 is 2.54 bits per heavy atom. The lowest BCUT2D eigenvalue weighted by Crippen LogP contribution is -2.30. The molecule has 0 spiro atoms. The van der Waals surface area contributed by atoms with Gasteiger partial charge in [-0.2, -0.15) is 11.8 Å². The number of amides is 1. The number of carbonyl (C=O) groups excluding carboxylic acids is 1. The Balaban J connectivity index is 1.63. The lowest BCUT2D eigenvalue weighted by atomic mass is 10.0. The molecule has 2 aromatic rings. The van der Waals surface area contributed by atoms with Crippen LogP contribution in [0.4, 0.5) is 0 Å². The topological polar surface area (TPSA) is 38.3 Å². The predicted octanol–water partition coefficient (Wildman–Crippen LogP) is 4.24. The Morgan fingerprint density at radius 1 is 1.08 bits per heavy atom. The summed E-state index contributed by atoms with van der Waals surface area (Å²) in [4.78, 5) is 11.9. The third kappa shape index (κ3) is 6.28. The second kappa shape index (κ2) is 10.0. The van der Waals surface area contributed by atoms with Gasteiger partial charge in [0.15, 0.2) is 6.61 Å². The van der Waals surface area contributed by atoms with Gasteiger partial charge in [-0.25, -0.2) is 0 Å². The number of thioether (sulfide) groups is 1. The van der Waals surface area contributed by atoms with E-state index in [1.54, 1.807) is 0 Å². The van der Waals surface area contributed by atoms with Crippen LogP contribution in [0.5, 0.6) is 5.75 Å². The van der Waals surface area contributed by atoms with Crippen LogP contribution in [0.1, 0.15) is 30.9 Å². The summed E-state index contributed by atoms with van der Waals surface area (Å²) in [6.07, 6.45) is 0. The van der Waals surface area contributed by atoms with Gasteiger partial charge in [-0.05, 0) is 23.1 Å². The molecule has 128 valence electrons. The van der Waals surface area contributed by atoms with Gasteiger partial charge in [0.2, 0.25) is 0 Å². The van der Waals surface area contributed by atoms with Crippen LogP contribution < -0.4 is 10.1 Å². The molecule has 0 aliphatic heterocycles. The highest BCUT2D eigenvalue weighted by molar-refractivity contribution is 7.98. The normalized spacial score (nSPS) is 10.6. The van der Waals surface area contributed by atoms with Gasteiger partial charge in [0.05, 0.1) is 0 Å². The van der Waals surface area contributed by atoms with Crippen molar-refractivity contribution in [2.24, 2.45) is 0 Å². The number of para-hydroxylation sites is 1. The number of hydrogen-bond donors (Lipinski definition) is 1. The first kappa shape index (κ1) is 18.4. The molecule has 0 saturated heterocycles. The van der Waals surface area contributed by atoms with Crippen LogP contribution in [0, 0.1) is 0 Å². The Kier molecular flexibility index (Phi) is 7.69. The molecule has 1 N–H and O–H groups in total. The molecule has 0 aliphatic carbocycles. The maximum Gasteiger partial charge on any atom is 0.257 e. The molecule has 4 heteroatoms. The van der Waals surface area contributed by atoms with E-state index in [4.69, 9.17) is 4.74 Å². The van der Waals surface area contributed by atoms with Crippen LogP contribution in [0.25, 0.3) is 0 Å². The van der Waals surface area contributed by atoms with Gasteiger partial charge in [0, 0.05) is 18.1 Å². The molecule has 1 amide bonds. The summed E-state index contributed by atoms with van der Waals surface area (Å²) in [5.74, 6) is 2.95. The SMILES string of the molecule is CC(C)c1ccccc1OCC(=O)NCCSCc1ccccc1. The fourth-order valence-corrected chi connectivity index (χ4v) is 3.13. The molecule has 0 aliphatic rings. The molecule has 24 heavy (non-hydrogen) atoms. The average molecular weight is 343 g/mol. The lowest BCUT2D eigenvalue weighted by Gasteiger charge is -2.13. The molecule has 0 fully saturated rings. The fourth-order valence-electron chi connectivity index (χ4n) is 2.31. The molecule has 0 atom stereocenters. The Hall–Kier alpha value is -1.94. The second-order valence-electron chi connectivity index (χ2n) is 5.87. The molecular weight excluding hydrogens is 318 g/mol. The molecule has 0 aromatic heterocycles. The van der Waals surface area contributed by atoms with Crippen LogP contribution in [-0.2, 0) is 10.5 Å². The van der Waals surface area contributed by atoms with Gasteiger partial charge in [-0.15, -0.1) is 0 Å². The van der Waals surface area contributed by atoms with E-state index in [1.807, 2.05) is 54.2 Å². The van der Waals surface area contributed by atoms with E-state index in [0.29, 0.717) is 12.5 Å². The highest BCUT2D eigenvalue weighted by atomic mass is 32.2. The van der Waals surface area contributed by atoms with Crippen molar-refractivity contribution in [2.45, 2.75) is 25.5 Å². The largest absolute Gasteiger partial charge is 0.483 e. The molecule has 0 saturated carbocycles. The minimum Gasteiger partial charge on any atom is -0.483 e. The molecule has 0 radical (unpaired) electrons. The maximum absolute atomic E-state index is 11.9. The molecule has 0 heterocycles. The summed E-state index contributed by atoms with van der Waals surface area (Å²) in [6, 6.07) is 18.2. The zero-order chi connectivity index (χ0) is 17.2. The summed E-state index contributed by atoms with van der Waals surface area (Å²) in [5.41, 5.74) is 2.44. The van der Waals surface area contributed by atoms with Crippen molar-refractivity contribution in [3.05, 3.63) is 65.7 Å². The number of nitrogens with one attached hydrogen (secondary N) is 1. The lowest BCUT2D eigenvalue weighted by molar-refractivity contribution is -0.122. The molecule has 2 rings (SSSR count). The molecule has 2 aromatic carbocycles. The fraction of sp³-hybridized carbons (Fsp3) is 0.350. The Morgan fingerprint density at radius 2 is 1.79 bits per heavy atom. The number of carbonyl (C=O) groups is 1. The first-order chi connectivity index (χ1) is 11.7. The van der Waals surface area contributed by atoms with Crippen LogP contribution in [-0.4, -0.2) is 24.8 Å². The summed E-state index contributed by atoms with van der Waals surface area (Å²) in [6.45, 7) is 4.96. The highest BCUT2D eigenvalue weighted by Gasteiger charge is 2.08. The van der Waals surface area contributed by atoms with Crippen LogP contribution in [0.3, 0.4) is 0 Å². The van der Waals surface area contributed by atoms with Crippen LogP contribution in [0.2, 0.25) is 0 Å². The van der Waals surface area contributed by atoms with Gasteiger partial charge in [0.25, 0.3) is 5.91 Å². The summed E-state index contributed by atoms with van der Waals surface area (Å²) in [7, 11) is 0. The van der Waals surface area contributed by atoms with E-state index < -0.39 is 0 Å². The van der Waals surface area contributed by atoms with Gasteiger partial charge in [-0.3, -0.25) is 4.79 Å². The second-order valence-corrected chi connectivity index (χ2v) is 6.97. The predicted molar refractivity (Wildman–Crippen MR) is 102 cm³/mol. The van der Waals surface area contributed by atoms with Gasteiger partial charge >= 0.3 is 0 Å². The molecular formula is C20H25NO2S. The summed E-state index contributed by atoms with van der Waals surface area (Å²) >= 11 is 1.81. The average Bonchev–Trinajstić information content (AvgIpc) is 2.60. The summed E-state index contributed by atoms with van der Waals surface area (Å²) in [5, 5.41) is 2.90. The van der Waals surface area contributed by atoms with E-state index in [2.05, 4.69) is 31.3 Å². The minimum absolute atomic E-state index is 0.0626. The van der Waals surface area contributed by atoms with Gasteiger partial charge < -0.3 is 10.1 Å². The zero-order valence-electron chi connectivity index (χ0n) is 14.3. The van der Waals surface area contributed by atoms with E-state index >= 15 is 0 Å². The van der Waals surface area contributed by atoms with Crippen molar-refractivity contribution in [1.82, 2.24) is 5.32 Å². The van der Waals surface area contributed by atoms with Crippen molar-refractivity contribution < 1.29 is 9.53 Å². The van der Waals surface area contributed by atoms with Crippen LogP contribution >= 0.6 is 11.8 Å². The summed E-state index contributed by atoms with van der Waals surface area (Å²) < 4.78 is 5.67. The molecule has 0 bridgehead atoms. The monoisotopic (exact) mass is 343 g/mol. The van der Waals surface area contributed by atoms with Gasteiger partial charge in [0.1, 0.15) is 5.75 Å².